The lowest BCUT2D eigenvalue weighted by Gasteiger charge is -2.26. The number of hydrogen-bond acceptors (Lipinski definition) is 2. The van der Waals surface area contributed by atoms with Crippen LogP contribution in [0, 0.1) is 5.92 Å². The minimum Gasteiger partial charge on any atom is -0.423 e. The summed E-state index contributed by atoms with van der Waals surface area (Å²) in [5.41, 5.74) is 3.29. The van der Waals surface area contributed by atoms with Gasteiger partial charge in [0.1, 0.15) is 5.75 Å². The Hall–Kier alpha value is -2.09. The van der Waals surface area contributed by atoms with Crippen molar-refractivity contribution in [1.82, 2.24) is 0 Å². The molecule has 0 heterocycles. The highest BCUT2D eigenvalue weighted by molar-refractivity contribution is 5.91. The molecule has 3 rings (SSSR count). The summed E-state index contributed by atoms with van der Waals surface area (Å²) in [7, 11) is 0. The standard InChI is InChI=1S/C27H36O2/c1-3-4-5-6-7-8-22-11-19-26(20-12-22)29-27(28)25-17-15-24(16-18-25)23-13-9-21(2)10-14-23/h11-12,15-21,23H,3-10,13-14H2,1-2H3. The fourth-order valence-corrected chi connectivity index (χ4v) is 4.31. The van der Waals surface area contributed by atoms with E-state index in [1.54, 1.807) is 0 Å². The van der Waals surface area contributed by atoms with E-state index < -0.39 is 0 Å². The van der Waals surface area contributed by atoms with E-state index in [0.717, 1.165) is 12.3 Å². The summed E-state index contributed by atoms with van der Waals surface area (Å²) in [6.45, 7) is 4.58. The van der Waals surface area contributed by atoms with Crippen molar-refractivity contribution in [3.8, 4) is 5.75 Å². The van der Waals surface area contributed by atoms with Gasteiger partial charge in [-0.3, -0.25) is 0 Å². The van der Waals surface area contributed by atoms with Gasteiger partial charge in [0.05, 0.1) is 5.56 Å². The van der Waals surface area contributed by atoms with Crippen LogP contribution in [0.15, 0.2) is 48.5 Å². The molecule has 0 aromatic heterocycles. The molecular weight excluding hydrogens is 356 g/mol. The van der Waals surface area contributed by atoms with Gasteiger partial charge in [-0.15, -0.1) is 0 Å². The molecule has 0 atom stereocenters. The van der Waals surface area contributed by atoms with Crippen LogP contribution in [-0.4, -0.2) is 5.97 Å². The zero-order valence-electron chi connectivity index (χ0n) is 18.2. The Bertz CT molecular complexity index is 737. The van der Waals surface area contributed by atoms with E-state index in [2.05, 4.69) is 38.1 Å². The first-order chi connectivity index (χ1) is 14.2. The zero-order chi connectivity index (χ0) is 20.5. The predicted octanol–water partition coefficient (Wildman–Crippen LogP) is 7.71. The number of rotatable bonds is 9. The zero-order valence-corrected chi connectivity index (χ0v) is 18.2. The molecule has 0 amide bonds. The molecule has 0 unspecified atom stereocenters. The molecule has 0 N–H and O–H groups in total. The number of aryl methyl sites for hydroxylation is 1. The van der Waals surface area contributed by atoms with Crippen molar-refractivity contribution in [2.75, 3.05) is 0 Å². The lowest BCUT2D eigenvalue weighted by atomic mass is 9.79. The van der Waals surface area contributed by atoms with E-state index in [0.29, 0.717) is 17.2 Å². The fraction of sp³-hybridized carbons (Fsp3) is 0.519. The molecule has 0 bridgehead atoms. The minimum absolute atomic E-state index is 0.277. The lowest BCUT2D eigenvalue weighted by molar-refractivity contribution is 0.0734. The molecule has 1 fully saturated rings. The van der Waals surface area contributed by atoms with Gasteiger partial charge in [0, 0.05) is 0 Å². The van der Waals surface area contributed by atoms with Crippen LogP contribution in [0.2, 0.25) is 0 Å². The molecule has 1 aliphatic rings. The van der Waals surface area contributed by atoms with Gasteiger partial charge in [-0.2, -0.15) is 0 Å². The molecule has 0 spiro atoms. The van der Waals surface area contributed by atoms with Crippen molar-refractivity contribution in [3.05, 3.63) is 65.2 Å². The SMILES string of the molecule is CCCCCCCc1ccc(OC(=O)c2ccc(C3CCC(C)CC3)cc2)cc1. The molecule has 2 aromatic rings. The largest absolute Gasteiger partial charge is 0.423 e. The summed E-state index contributed by atoms with van der Waals surface area (Å²) in [5.74, 6) is 1.84. The molecule has 1 saturated carbocycles. The third-order valence-electron chi connectivity index (χ3n) is 6.34. The number of carbonyl (C=O) groups excluding carboxylic acids is 1. The highest BCUT2D eigenvalue weighted by Crippen LogP contribution is 2.35. The molecule has 2 heteroatoms. The number of benzene rings is 2. The van der Waals surface area contributed by atoms with Gasteiger partial charge in [0.15, 0.2) is 0 Å². The van der Waals surface area contributed by atoms with E-state index >= 15 is 0 Å². The van der Waals surface area contributed by atoms with Crippen molar-refractivity contribution in [1.29, 1.82) is 0 Å². The van der Waals surface area contributed by atoms with Crippen LogP contribution >= 0.6 is 0 Å². The number of carbonyl (C=O) groups is 1. The third kappa shape index (κ3) is 6.73. The van der Waals surface area contributed by atoms with E-state index in [1.807, 2.05) is 24.3 Å². The molecule has 0 saturated heterocycles. The number of unbranched alkanes of at least 4 members (excludes halogenated alkanes) is 4. The smallest absolute Gasteiger partial charge is 0.343 e. The average Bonchev–Trinajstić information content (AvgIpc) is 2.75. The van der Waals surface area contributed by atoms with Crippen LogP contribution in [-0.2, 0) is 6.42 Å². The van der Waals surface area contributed by atoms with Crippen molar-refractivity contribution in [2.24, 2.45) is 5.92 Å². The Balaban J connectivity index is 1.48. The number of hydrogen-bond donors (Lipinski definition) is 0. The molecular formula is C27H36O2. The molecule has 2 aromatic carbocycles. The van der Waals surface area contributed by atoms with E-state index in [9.17, 15) is 4.79 Å². The first-order valence-electron chi connectivity index (χ1n) is 11.6. The maximum atomic E-state index is 12.5. The fourth-order valence-electron chi connectivity index (χ4n) is 4.31. The topological polar surface area (TPSA) is 26.3 Å². The predicted molar refractivity (Wildman–Crippen MR) is 121 cm³/mol. The summed E-state index contributed by atoms with van der Waals surface area (Å²) >= 11 is 0. The average molecular weight is 393 g/mol. The second-order valence-electron chi connectivity index (χ2n) is 8.78. The summed E-state index contributed by atoms with van der Waals surface area (Å²) in [4.78, 5) is 12.5. The Morgan fingerprint density at radius 2 is 1.52 bits per heavy atom. The van der Waals surface area contributed by atoms with Crippen molar-refractivity contribution in [3.63, 3.8) is 0 Å². The highest BCUT2D eigenvalue weighted by atomic mass is 16.5. The Labute approximate surface area is 176 Å². The van der Waals surface area contributed by atoms with Gasteiger partial charge < -0.3 is 4.74 Å². The van der Waals surface area contributed by atoms with Gasteiger partial charge in [-0.05, 0) is 72.9 Å². The van der Waals surface area contributed by atoms with Gasteiger partial charge >= 0.3 is 5.97 Å². The summed E-state index contributed by atoms with van der Waals surface area (Å²) in [5, 5.41) is 0. The third-order valence-corrected chi connectivity index (χ3v) is 6.34. The summed E-state index contributed by atoms with van der Waals surface area (Å²) < 4.78 is 5.57. The van der Waals surface area contributed by atoms with Crippen molar-refractivity contribution in [2.45, 2.75) is 84.0 Å². The van der Waals surface area contributed by atoms with Crippen LogP contribution in [0.1, 0.15) is 99.0 Å². The van der Waals surface area contributed by atoms with Gasteiger partial charge in [0.25, 0.3) is 0 Å². The molecule has 29 heavy (non-hydrogen) atoms. The summed E-state index contributed by atoms with van der Waals surface area (Å²) in [6, 6.07) is 16.0. The van der Waals surface area contributed by atoms with Crippen LogP contribution < -0.4 is 4.74 Å². The number of ether oxygens (including phenoxy) is 1. The van der Waals surface area contributed by atoms with Gasteiger partial charge in [0.2, 0.25) is 0 Å². The highest BCUT2D eigenvalue weighted by Gasteiger charge is 2.20. The molecule has 0 radical (unpaired) electrons. The molecule has 2 nitrogen and oxygen atoms in total. The van der Waals surface area contributed by atoms with Crippen molar-refractivity contribution >= 4 is 5.97 Å². The minimum atomic E-state index is -0.277. The van der Waals surface area contributed by atoms with Gasteiger partial charge in [-0.1, -0.05) is 76.6 Å². The van der Waals surface area contributed by atoms with E-state index in [-0.39, 0.29) is 5.97 Å². The van der Waals surface area contributed by atoms with Crippen LogP contribution in [0.3, 0.4) is 0 Å². The quantitative estimate of drug-likeness (QED) is 0.248. The first-order valence-corrected chi connectivity index (χ1v) is 11.6. The van der Waals surface area contributed by atoms with Crippen LogP contribution in [0.4, 0.5) is 0 Å². The van der Waals surface area contributed by atoms with E-state index in [4.69, 9.17) is 4.74 Å². The second-order valence-corrected chi connectivity index (χ2v) is 8.78. The van der Waals surface area contributed by atoms with Crippen LogP contribution in [0.25, 0.3) is 0 Å². The normalized spacial score (nSPS) is 19.1. The maximum Gasteiger partial charge on any atom is 0.343 e. The molecule has 156 valence electrons. The molecule has 1 aliphatic carbocycles. The van der Waals surface area contributed by atoms with Crippen molar-refractivity contribution < 1.29 is 9.53 Å². The Kier molecular flexibility index (Phi) is 8.34. The second kappa shape index (κ2) is 11.2. The molecule has 0 aliphatic heterocycles. The van der Waals surface area contributed by atoms with Gasteiger partial charge in [-0.25, -0.2) is 4.79 Å². The summed E-state index contributed by atoms with van der Waals surface area (Å²) in [6.07, 6.45) is 12.7. The monoisotopic (exact) mass is 392 g/mol. The number of esters is 1. The lowest BCUT2D eigenvalue weighted by Crippen LogP contribution is -2.12. The van der Waals surface area contributed by atoms with Crippen LogP contribution in [0.5, 0.6) is 5.75 Å². The van der Waals surface area contributed by atoms with E-state index in [1.165, 1.54) is 68.9 Å². The first kappa shape index (κ1) is 21.6. The Morgan fingerprint density at radius 1 is 0.862 bits per heavy atom. The Morgan fingerprint density at radius 3 is 2.17 bits per heavy atom. The maximum absolute atomic E-state index is 12.5.